The third-order valence-corrected chi connectivity index (χ3v) is 5.90. The van der Waals surface area contributed by atoms with Gasteiger partial charge in [0, 0.05) is 16.7 Å². The Hall–Kier alpha value is -4.02. The van der Waals surface area contributed by atoms with Crippen molar-refractivity contribution in [1.29, 1.82) is 0 Å². The normalized spacial score (nSPS) is 11.3. The predicted molar refractivity (Wildman–Crippen MR) is 130 cm³/mol. The second kappa shape index (κ2) is 10.5. The average molecular weight is 512 g/mol. The lowest BCUT2D eigenvalue weighted by atomic mass is 10.1. The first-order valence-corrected chi connectivity index (χ1v) is 11.2. The number of halogens is 1. The van der Waals surface area contributed by atoms with Gasteiger partial charge in [0.25, 0.3) is 0 Å². The standard InChI is InChI=1S/C24H18ClN3O6S/c1-32-19-9-7-15(25)11-17(19)21-26-24(28-27-21)35-20(22(29)30)12-16-8-10-18(34-16)13-3-5-14(6-4-13)23(31)33-2/h3-12H,1-2H3,(H,29,30)(H,26,27,28)/b20-12-. The first-order valence-electron chi connectivity index (χ1n) is 10.1. The number of thioether (sulfide) groups is 1. The smallest absolute Gasteiger partial charge is 0.342 e. The number of nitrogens with zero attached hydrogens (tertiary/aromatic N) is 2. The number of furan rings is 1. The first kappa shape index (κ1) is 24.1. The first-order chi connectivity index (χ1) is 16.9. The predicted octanol–water partition coefficient (Wildman–Crippen LogP) is 5.40. The fraction of sp³-hybridized carbons (Fsp3) is 0.0833. The molecule has 0 saturated heterocycles. The van der Waals surface area contributed by atoms with Crippen molar-refractivity contribution in [2.75, 3.05) is 14.2 Å². The Labute approximate surface area is 208 Å². The van der Waals surface area contributed by atoms with E-state index in [-0.39, 0.29) is 10.1 Å². The highest BCUT2D eigenvalue weighted by Gasteiger charge is 2.17. The summed E-state index contributed by atoms with van der Waals surface area (Å²) in [6.07, 6.45) is 1.38. The zero-order valence-corrected chi connectivity index (χ0v) is 20.0. The van der Waals surface area contributed by atoms with Crippen LogP contribution >= 0.6 is 23.4 Å². The quantitative estimate of drug-likeness (QED) is 0.181. The molecule has 0 saturated carbocycles. The van der Waals surface area contributed by atoms with E-state index in [9.17, 15) is 14.7 Å². The number of carboxylic acid groups (broad SMARTS) is 1. The van der Waals surface area contributed by atoms with Gasteiger partial charge < -0.3 is 19.0 Å². The SMILES string of the molecule is COC(=O)c1ccc(-c2ccc(/C=C(\Sc3n[nH]c(-c4cc(Cl)ccc4OC)n3)C(=O)O)o2)cc1. The molecule has 2 aromatic carbocycles. The number of methoxy groups -OCH3 is 2. The molecule has 0 aliphatic carbocycles. The second-order valence-corrected chi connectivity index (χ2v) is 8.44. The van der Waals surface area contributed by atoms with Crippen LogP contribution in [0, 0.1) is 0 Å². The topological polar surface area (TPSA) is 128 Å². The van der Waals surface area contributed by atoms with Crippen LogP contribution in [-0.2, 0) is 9.53 Å². The van der Waals surface area contributed by atoms with E-state index in [1.807, 2.05) is 0 Å². The highest BCUT2D eigenvalue weighted by molar-refractivity contribution is 8.04. The van der Waals surface area contributed by atoms with Gasteiger partial charge in [-0.2, -0.15) is 0 Å². The van der Waals surface area contributed by atoms with E-state index in [1.165, 1.54) is 20.3 Å². The molecule has 0 radical (unpaired) electrons. The number of ether oxygens (including phenoxy) is 2. The van der Waals surface area contributed by atoms with Gasteiger partial charge in [-0.25, -0.2) is 14.6 Å². The van der Waals surface area contributed by atoms with Crippen LogP contribution < -0.4 is 4.74 Å². The molecule has 2 heterocycles. The van der Waals surface area contributed by atoms with Crippen molar-refractivity contribution in [2.45, 2.75) is 5.16 Å². The lowest BCUT2D eigenvalue weighted by Crippen LogP contribution is -2.00. The Morgan fingerprint density at radius 3 is 2.57 bits per heavy atom. The molecule has 35 heavy (non-hydrogen) atoms. The Morgan fingerprint density at radius 2 is 1.89 bits per heavy atom. The van der Waals surface area contributed by atoms with Gasteiger partial charge >= 0.3 is 11.9 Å². The molecular formula is C24H18ClN3O6S. The number of hydrogen-bond donors (Lipinski definition) is 2. The number of hydrogen-bond acceptors (Lipinski definition) is 8. The number of rotatable bonds is 8. The molecule has 0 atom stereocenters. The van der Waals surface area contributed by atoms with E-state index in [0.29, 0.717) is 39.2 Å². The fourth-order valence-electron chi connectivity index (χ4n) is 3.11. The van der Waals surface area contributed by atoms with Crippen molar-refractivity contribution < 1.29 is 28.6 Å². The average Bonchev–Trinajstić information content (AvgIpc) is 3.53. The van der Waals surface area contributed by atoms with E-state index < -0.39 is 11.9 Å². The van der Waals surface area contributed by atoms with Crippen molar-refractivity contribution in [1.82, 2.24) is 15.2 Å². The summed E-state index contributed by atoms with van der Waals surface area (Å²) in [4.78, 5) is 27.8. The molecule has 4 rings (SSSR count). The molecule has 178 valence electrons. The van der Waals surface area contributed by atoms with E-state index in [0.717, 1.165) is 17.3 Å². The zero-order chi connectivity index (χ0) is 24.9. The van der Waals surface area contributed by atoms with Crippen LogP contribution in [0.25, 0.3) is 28.8 Å². The van der Waals surface area contributed by atoms with Crippen molar-refractivity contribution >= 4 is 41.4 Å². The zero-order valence-electron chi connectivity index (χ0n) is 18.4. The number of nitrogens with one attached hydrogen (secondary N) is 1. The maximum atomic E-state index is 11.9. The molecule has 11 heteroatoms. The van der Waals surface area contributed by atoms with Crippen LogP contribution in [0.2, 0.25) is 5.02 Å². The Bertz CT molecular complexity index is 1410. The maximum absolute atomic E-state index is 11.9. The highest BCUT2D eigenvalue weighted by Crippen LogP contribution is 2.33. The summed E-state index contributed by atoms with van der Waals surface area (Å²) in [5.74, 6) is 0.157. The van der Waals surface area contributed by atoms with Gasteiger partial charge in [-0.05, 0) is 54.2 Å². The summed E-state index contributed by atoms with van der Waals surface area (Å²) < 4.78 is 15.8. The summed E-state index contributed by atoms with van der Waals surface area (Å²) in [5.41, 5.74) is 1.72. The molecule has 9 nitrogen and oxygen atoms in total. The molecule has 0 spiro atoms. The molecule has 2 aromatic heterocycles. The number of esters is 1. The molecule has 0 amide bonds. The minimum absolute atomic E-state index is 0.0458. The third kappa shape index (κ3) is 5.56. The minimum atomic E-state index is -1.16. The van der Waals surface area contributed by atoms with E-state index in [2.05, 4.69) is 15.2 Å². The van der Waals surface area contributed by atoms with Gasteiger partial charge in [0.1, 0.15) is 22.2 Å². The number of benzene rings is 2. The van der Waals surface area contributed by atoms with Crippen LogP contribution in [0.3, 0.4) is 0 Å². The van der Waals surface area contributed by atoms with Gasteiger partial charge in [-0.15, -0.1) is 5.10 Å². The fourth-order valence-corrected chi connectivity index (χ4v) is 3.97. The Morgan fingerprint density at radius 1 is 1.11 bits per heavy atom. The van der Waals surface area contributed by atoms with Crippen LogP contribution in [0.4, 0.5) is 0 Å². The molecule has 0 unspecified atom stereocenters. The van der Waals surface area contributed by atoms with Crippen molar-refractivity contribution in [2.24, 2.45) is 0 Å². The third-order valence-electron chi connectivity index (χ3n) is 4.78. The number of aromatic amines is 1. The van der Waals surface area contributed by atoms with Crippen molar-refractivity contribution in [3.63, 3.8) is 0 Å². The number of carboxylic acids is 1. The second-order valence-electron chi connectivity index (χ2n) is 7.00. The lowest BCUT2D eigenvalue weighted by molar-refractivity contribution is -0.131. The number of aliphatic carboxylic acids is 1. The molecule has 2 N–H and O–H groups in total. The van der Waals surface area contributed by atoms with Crippen molar-refractivity contribution in [3.05, 3.63) is 75.8 Å². The Balaban J connectivity index is 1.55. The Kier molecular flexibility index (Phi) is 7.23. The number of H-pyrrole nitrogens is 1. The van der Waals surface area contributed by atoms with E-state index in [4.69, 9.17) is 25.5 Å². The van der Waals surface area contributed by atoms with Gasteiger partial charge in [-0.3, -0.25) is 5.10 Å². The molecule has 0 aliphatic heterocycles. The van der Waals surface area contributed by atoms with Gasteiger partial charge in [-0.1, -0.05) is 23.7 Å². The van der Waals surface area contributed by atoms with E-state index >= 15 is 0 Å². The number of carbonyl (C=O) groups is 2. The van der Waals surface area contributed by atoms with Crippen LogP contribution in [-0.4, -0.2) is 46.4 Å². The van der Waals surface area contributed by atoms with Gasteiger partial charge in [0.05, 0.1) is 25.3 Å². The monoisotopic (exact) mass is 511 g/mol. The molecule has 4 aromatic rings. The molecule has 0 fully saturated rings. The summed E-state index contributed by atoms with van der Waals surface area (Å²) >= 11 is 6.94. The number of aromatic nitrogens is 3. The molecular weight excluding hydrogens is 494 g/mol. The maximum Gasteiger partial charge on any atom is 0.342 e. The highest BCUT2D eigenvalue weighted by atomic mass is 35.5. The lowest BCUT2D eigenvalue weighted by Gasteiger charge is -2.05. The molecule has 0 aliphatic rings. The largest absolute Gasteiger partial charge is 0.496 e. The summed E-state index contributed by atoms with van der Waals surface area (Å²) in [5, 5.41) is 17.3. The van der Waals surface area contributed by atoms with Crippen LogP contribution in [0.5, 0.6) is 5.75 Å². The number of carbonyl (C=O) groups excluding carboxylic acids is 1. The van der Waals surface area contributed by atoms with Crippen molar-refractivity contribution in [3.8, 4) is 28.5 Å². The summed E-state index contributed by atoms with van der Waals surface area (Å²) in [7, 11) is 2.84. The van der Waals surface area contributed by atoms with Crippen LogP contribution in [0.1, 0.15) is 16.1 Å². The minimum Gasteiger partial charge on any atom is -0.496 e. The van der Waals surface area contributed by atoms with Crippen LogP contribution in [0.15, 0.2) is 69.1 Å². The summed E-state index contributed by atoms with van der Waals surface area (Å²) in [6, 6.07) is 15.1. The van der Waals surface area contributed by atoms with Gasteiger partial charge in [0.2, 0.25) is 5.16 Å². The van der Waals surface area contributed by atoms with Gasteiger partial charge in [0.15, 0.2) is 5.82 Å². The van der Waals surface area contributed by atoms with E-state index in [1.54, 1.807) is 54.6 Å². The summed E-state index contributed by atoms with van der Waals surface area (Å²) in [6.45, 7) is 0. The molecule has 0 bridgehead atoms.